The Bertz CT molecular complexity index is 585. The summed E-state index contributed by atoms with van der Waals surface area (Å²) < 4.78 is 11.0. The van der Waals surface area contributed by atoms with Crippen LogP contribution in [0.5, 0.6) is 0 Å². The molecule has 0 saturated carbocycles. The van der Waals surface area contributed by atoms with E-state index in [0.29, 0.717) is 30.4 Å². The highest BCUT2D eigenvalue weighted by atomic mass is 16.5. The lowest BCUT2D eigenvalue weighted by atomic mass is 10.1. The van der Waals surface area contributed by atoms with E-state index < -0.39 is 0 Å². The number of benzene rings is 1. The van der Waals surface area contributed by atoms with Crippen molar-refractivity contribution in [3.05, 3.63) is 23.8 Å². The van der Waals surface area contributed by atoms with Gasteiger partial charge in [0, 0.05) is 18.7 Å². The van der Waals surface area contributed by atoms with Crippen LogP contribution in [0.1, 0.15) is 17.3 Å². The number of anilines is 1. The number of aromatic nitrogens is 1. The van der Waals surface area contributed by atoms with E-state index in [1.807, 2.05) is 6.07 Å². The third-order valence-electron chi connectivity index (χ3n) is 3.07. The SMILES string of the molecule is CC(=O)c1ccc2nc(N3CCOCC3)oc2c1. The number of carbonyl (C=O) groups excluding carboxylic acids is 1. The summed E-state index contributed by atoms with van der Waals surface area (Å²) in [6, 6.07) is 5.94. The molecule has 0 N–H and O–H groups in total. The van der Waals surface area contributed by atoms with Crippen LogP contribution in [-0.2, 0) is 4.74 Å². The Balaban J connectivity index is 1.97. The summed E-state index contributed by atoms with van der Waals surface area (Å²) in [5.74, 6) is 0.0289. The molecule has 2 heterocycles. The molecule has 5 nitrogen and oxygen atoms in total. The first-order valence-electron chi connectivity index (χ1n) is 5.98. The summed E-state index contributed by atoms with van der Waals surface area (Å²) in [5, 5.41) is 0. The first-order chi connectivity index (χ1) is 8.74. The van der Waals surface area contributed by atoms with Crippen LogP contribution < -0.4 is 4.90 Å². The third kappa shape index (κ3) is 1.97. The molecule has 1 aliphatic heterocycles. The average molecular weight is 246 g/mol. The highest BCUT2D eigenvalue weighted by Crippen LogP contribution is 2.23. The Kier molecular flexibility index (Phi) is 2.76. The van der Waals surface area contributed by atoms with E-state index in [1.165, 1.54) is 0 Å². The van der Waals surface area contributed by atoms with E-state index in [0.717, 1.165) is 18.6 Å². The average Bonchev–Trinajstić information content (AvgIpc) is 2.82. The zero-order valence-electron chi connectivity index (χ0n) is 10.2. The lowest BCUT2D eigenvalue weighted by molar-refractivity contribution is 0.101. The number of rotatable bonds is 2. The van der Waals surface area contributed by atoms with Crippen LogP contribution >= 0.6 is 0 Å². The van der Waals surface area contributed by atoms with E-state index in [9.17, 15) is 4.79 Å². The maximum absolute atomic E-state index is 11.3. The van der Waals surface area contributed by atoms with Gasteiger partial charge in [0.1, 0.15) is 5.52 Å². The minimum Gasteiger partial charge on any atom is -0.423 e. The fourth-order valence-corrected chi connectivity index (χ4v) is 2.02. The van der Waals surface area contributed by atoms with Gasteiger partial charge in [0.25, 0.3) is 6.01 Å². The van der Waals surface area contributed by atoms with E-state index in [1.54, 1.807) is 19.1 Å². The number of Topliss-reactive ketones (excluding diaryl/α,β-unsaturated/α-hetero) is 1. The van der Waals surface area contributed by atoms with Gasteiger partial charge in [-0.05, 0) is 25.1 Å². The van der Waals surface area contributed by atoms with E-state index in [4.69, 9.17) is 9.15 Å². The predicted molar refractivity (Wildman–Crippen MR) is 67.0 cm³/mol. The molecule has 94 valence electrons. The largest absolute Gasteiger partial charge is 0.423 e. The zero-order chi connectivity index (χ0) is 12.5. The lowest BCUT2D eigenvalue weighted by Crippen LogP contribution is -2.36. The van der Waals surface area contributed by atoms with Crippen molar-refractivity contribution < 1.29 is 13.9 Å². The summed E-state index contributed by atoms with van der Waals surface area (Å²) in [4.78, 5) is 17.8. The van der Waals surface area contributed by atoms with E-state index in [-0.39, 0.29) is 5.78 Å². The standard InChI is InChI=1S/C13H14N2O3/c1-9(16)10-2-3-11-12(8-10)18-13(14-11)15-4-6-17-7-5-15/h2-3,8H,4-7H2,1H3. The van der Waals surface area contributed by atoms with Gasteiger partial charge in [-0.3, -0.25) is 4.79 Å². The molecule has 1 saturated heterocycles. The fraction of sp³-hybridized carbons (Fsp3) is 0.385. The number of carbonyl (C=O) groups is 1. The minimum absolute atomic E-state index is 0.0289. The Morgan fingerprint density at radius 2 is 2.11 bits per heavy atom. The van der Waals surface area contributed by atoms with Crippen LogP contribution in [0.25, 0.3) is 11.1 Å². The van der Waals surface area contributed by atoms with Gasteiger partial charge >= 0.3 is 0 Å². The molecule has 0 bridgehead atoms. The minimum atomic E-state index is 0.0289. The first-order valence-corrected chi connectivity index (χ1v) is 5.98. The molecular formula is C13H14N2O3. The normalized spacial score (nSPS) is 16.2. The van der Waals surface area contributed by atoms with Gasteiger partial charge in [-0.2, -0.15) is 4.98 Å². The maximum Gasteiger partial charge on any atom is 0.298 e. The van der Waals surface area contributed by atoms with Crippen LogP contribution in [0, 0.1) is 0 Å². The molecule has 0 atom stereocenters. The van der Waals surface area contributed by atoms with Crippen molar-refractivity contribution in [2.75, 3.05) is 31.2 Å². The first kappa shape index (κ1) is 11.2. The zero-order valence-corrected chi connectivity index (χ0v) is 10.2. The van der Waals surface area contributed by atoms with Gasteiger partial charge in [-0.15, -0.1) is 0 Å². The lowest BCUT2D eigenvalue weighted by Gasteiger charge is -2.24. The topological polar surface area (TPSA) is 55.6 Å². The monoisotopic (exact) mass is 246 g/mol. The van der Waals surface area contributed by atoms with Crippen molar-refractivity contribution in [1.29, 1.82) is 0 Å². The molecular weight excluding hydrogens is 232 g/mol. The number of ether oxygens (including phenoxy) is 1. The number of oxazole rings is 1. The fourth-order valence-electron chi connectivity index (χ4n) is 2.02. The van der Waals surface area contributed by atoms with E-state index in [2.05, 4.69) is 9.88 Å². The molecule has 0 spiro atoms. The molecule has 0 aliphatic carbocycles. The second-order valence-corrected chi connectivity index (χ2v) is 4.33. The van der Waals surface area contributed by atoms with Crippen molar-refractivity contribution in [1.82, 2.24) is 4.98 Å². The van der Waals surface area contributed by atoms with Crippen LogP contribution in [0.4, 0.5) is 6.01 Å². The molecule has 2 aromatic rings. The maximum atomic E-state index is 11.3. The number of ketones is 1. The highest BCUT2D eigenvalue weighted by molar-refractivity contribution is 5.97. The molecule has 5 heteroatoms. The number of hydrogen-bond donors (Lipinski definition) is 0. The number of fused-ring (bicyclic) bond motifs is 1. The molecule has 0 radical (unpaired) electrons. The summed E-state index contributed by atoms with van der Waals surface area (Å²) in [5.41, 5.74) is 2.08. The third-order valence-corrected chi connectivity index (χ3v) is 3.07. The van der Waals surface area contributed by atoms with Crippen molar-refractivity contribution in [3.63, 3.8) is 0 Å². The van der Waals surface area contributed by atoms with Gasteiger partial charge in [0.2, 0.25) is 0 Å². The summed E-state index contributed by atoms with van der Waals surface area (Å²) in [7, 11) is 0. The van der Waals surface area contributed by atoms with Gasteiger partial charge in [0.05, 0.1) is 13.2 Å². The molecule has 0 unspecified atom stereocenters. The molecule has 1 aliphatic rings. The van der Waals surface area contributed by atoms with Crippen LogP contribution in [-0.4, -0.2) is 37.1 Å². The summed E-state index contributed by atoms with van der Waals surface area (Å²) in [6.07, 6.45) is 0. The number of nitrogens with zero attached hydrogens (tertiary/aromatic N) is 2. The van der Waals surface area contributed by atoms with Crippen molar-refractivity contribution in [3.8, 4) is 0 Å². The van der Waals surface area contributed by atoms with Gasteiger partial charge in [-0.1, -0.05) is 0 Å². The van der Waals surface area contributed by atoms with Crippen LogP contribution in [0.15, 0.2) is 22.6 Å². The van der Waals surface area contributed by atoms with Crippen molar-refractivity contribution in [2.24, 2.45) is 0 Å². The molecule has 0 amide bonds. The van der Waals surface area contributed by atoms with Gasteiger partial charge in [0.15, 0.2) is 11.4 Å². The molecule has 1 fully saturated rings. The predicted octanol–water partition coefficient (Wildman–Crippen LogP) is 1.87. The van der Waals surface area contributed by atoms with E-state index >= 15 is 0 Å². The molecule has 1 aromatic heterocycles. The number of hydrogen-bond acceptors (Lipinski definition) is 5. The molecule has 1 aromatic carbocycles. The molecule has 18 heavy (non-hydrogen) atoms. The number of morpholine rings is 1. The van der Waals surface area contributed by atoms with Gasteiger partial charge < -0.3 is 14.1 Å². The highest BCUT2D eigenvalue weighted by Gasteiger charge is 2.17. The second-order valence-electron chi connectivity index (χ2n) is 4.33. The molecule has 3 rings (SSSR count). The quantitative estimate of drug-likeness (QED) is 0.757. The van der Waals surface area contributed by atoms with Gasteiger partial charge in [-0.25, -0.2) is 0 Å². The van der Waals surface area contributed by atoms with Crippen LogP contribution in [0.3, 0.4) is 0 Å². The smallest absolute Gasteiger partial charge is 0.298 e. The Morgan fingerprint density at radius 3 is 2.83 bits per heavy atom. The Hall–Kier alpha value is -1.88. The Morgan fingerprint density at radius 1 is 1.33 bits per heavy atom. The van der Waals surface area contributed by atoms with Crippen LogP contribution in [0.2, 0.25) is 0 Å². The second kappa shape index (κ2) is 4.42. The Labute approximate surface area is 104 Å². The van der Waals surface area contributed by atoms with Crippen molar-refractivity contribution in [2.45, 2.75) is 6.92 Å². The summed E-state index contributed by atoms with van der Waals surface area (Å²) in [6.45, 7) is 4.49. The van der Waals surface area contributed by atoms with Crippen molar-refractivity contribution >= 4 is 22.9 Å². The summed E-state index contributed by atoms with van der Waals surface area (Å²) >= 11 is 0.